The summed E-state index contributed by atoms with van der Waals surface area (Å²) in [6, 6.07) is 3.57. The second kappa shape index (κ2) is 5.66. The number of aromatic nitrogens is 2. The lowest BCUT2D eigenvalue weighted by atomic mass is 10.2. The molecule has 0 aromatic carbocycles. The van der Waals surface area contributed by atoms with Gasteiger partial charge in [0.2, 0.25) is 0 Å². The first-order valence-electron chi connectivity index (χ1n) is 5.60. The van der Waals surface area contributed by atoms with Crippen LogP contribution in [-0.4, -0.2) is 17.0 Å². The summed E-state index contributed by atoms with van der Waals surface area (Å²) in [5, 5.41) is 3.18. The molecule has 2 heterocycles. The van der Waals surface area contributed by atoms with Gasteiger partial charge in [0.15, 0.2) is 5.69 Å². The lowest BCUT2D eigenvalue weighted by molar-refractivity contribution is -0.141. The number of thiazole rings is 1. The Morgan fingerprint density at radius 2 is 2.16 bits per heavy atom. The standard InChI is InChI=1S/C12H12F3N3S/c1-16-7-9-11(12(13,14)15)18-10(19-9)5-8-3-2-4-17-6-8/h2-4,6,16H,5,7H2,1H3. The SMILES string of the molecule is CNCc1sc(Cc2cccnc2)nc1C(F)(F)F. The fourth-order valence-corrected chi connectivity index (χ4v) is 2.79. The molecule has 1 N–H and O–H groups in total. The zero-order valence-electron chi connectivity index (χ0n) is 10.2. The summed E-state index contributed by atoms with van der Waals surface area (Å²) in [6.07, 6.45) is -0.785. The fourth-order valence-electron chi connectivity index (χ4n) is 1.66. The van der Waals surface area contributed by atoms with Gasteiger partial charge in [-0.15, -0.1) is 11.3 Å². The molecule has 0 bridgehead atoms. The van der Waals surface area contributed by atoms with Crippen molar-refractivity contribution in [1.82, 2.24) is 15.3 Å². The van der Waals surface area contributed by atoms with Crippen LogP contribution in [0.3, 0.4) is 0 Å². The van der Waals surface area contributed by atoms with E-state index < -0.39 is 11.9 Å². The van der Waals surface area contributed by atoms with Crippen LogP contribution in [0.2, 0.25) is 0 Å². The number of nitrogens with zero attached hydrogens (tertiary/aromatic N) is 2. The maximum atomic E-state index is 12.8. The molecule has 0 aliphatic carbocycles. The van der Waals surface area contributed by atoms with Crippen molar-refractivity contribution < 1.29 is 13.2 Å². The van der Waals surface area contributed by atoms with Gasteiger partial charge in [0.25, 0.3) is 0 Å². The number of pyridine rings is 1. The first-order chi connectivity index (χ1) is 9.00. The quantitative estimate of drug-likeness (QED) is 0.939. The molecule has 2 aromatic heterocycles. The van der Waals surface area contributed by atoms with Crippen molar-refractivity contribution in [2.24, 2.45) is 0 Å². The number of nitrogens with one attached hydrogen (secondary N) is 1. The molecule has 0 amide bonds. The minimum atomic E-state index is -4.41. The first kappa shape index (κ1) is 14.0. The smallest absolute Gasteiger partial charge is 0.315 e. The van der Waals surface area contributed by atoms with Crippen LogP contribution < -0.4 is 5.32 Å². The van der Waals surface area contributed by atoms with Crippen molar-refractivity contribution in [2.75, 3.05) is 7.05 Å². The van der Waals surface area contributed by atoms with Crippen molar-refractivity contribution in [2.45, 2.75) is 19.1 Å². The van der Waals surface area contributed by atoms with Gasteiger partial charge in [-0.25, -0.2) is 4.98 Å². The highest BCUT2D eigenvalue weighted by atomic mass is 32.1. The van der Waals surface area contributed by atoms with E-state index in [-0.39, 0.29) is 11.4 Å². The van der Waals surface area contributed by atoms with Gasteiger partial charge in [-0.2, -0.15) is 13.2 Å². The van der Waals surface area contributed by atoms with Crippen LogP contribution in [0.25, 0.3) is 0 Å². The van der Waals surface area contributed by atoms with Crippen LogP contribution in [0.1, 0.15) is 21.1 Å². The summed E-state index contributed by atoms with van der Waals surface area (Å²) in [5.41, 5.74) is 0.0618. The molecule has 7 heteroatoms. The predicted octanol–water partition coefficient (Wildman–Crippen LogP) is 2.87. The third-order valence-corrected chi connectivity index (χ3v) is 3.48. The average molecular weight is 287 g/mol. The molecule has 0 radical (unpaired) electrons. The maximum Gasteiger partial charge on any atom is 0.434 e. The van der Waals surface area contributed by atoms with Gasteiger partial charge in [0, 0.05) is 25.4 Å². The highest BCUT2D eigenvalue weighted by molar-refractivity contribution is 7.11. The van der Waals surface area contributed by atoms with Crippen molar-refractivity contribution >= 4 is 11.3 Å². The van der Waals surface area contributed by atoms with Gasteiger partial charge in [-0.05, 0) is 18.7 Å². The van der Waals surface area contributed by atoms with E-state index in [1.807, 2.05) is 6.07 Å². The Labute approximate surface area is 112 Å². The van der Waals surface area contributed by atoms with Crippen LogP contribution in [0.5, 0.6) is 0 Å². The number of hydrogen-bond acceptors (Lipinski definition) is 4. The molecule has 0 aliphatic heterocycles. The molecule has 19 heavy (non-hydrogen) atoms. The van der Waals surface area contributed by atoms with E-state index in [0.29, 0.717) is 11.4 Å². The largest absolute Gasteiger partial charge is 0.434 e. The number of alkyl halides is 3. The molecule has 2 aromatic rings. The highest BCUT2D eigenvalue weighted by Gasteiger charge is 2.37. The molecule has 0 atom stereocenters. The van der Waals surface area contributed by atoms with E-state index in [1.54, 1.807) is 25.5 Å². The molecule has 102 valence electrons. The van der Waals surface area contributed by atoms with Gasteiger partial charge >= 0.3 is 6.18 Å². The first-order valence-corrected chi connectivity index (χ1v) is 6.41. The summed E-state index contributed by atoms with van der Waals surface area (Å²) >= 11 is 1.08. The summed E-state index contributed by atoms with van der Waals surface area (Å²) < 4.78 is 38.5. The average Bonchev–Trinajstić information content (AvgIpc) is 2.74. The van der Waals surface area contributed by atoms with Gasteiger partial charge in [0.05, 0.1) is 9.88 Å². The zero-order chi connectivity index (χ0) is 13.9. The lowest BCUT2D eigenvalue weighted by Gasteiger charge is -2.04. The molecular weight excluding hydrogens is 275 g/mol. The van der Waals surface area contributed by atoms with Gasteiger partial charge in [-0.3, -0.25) is 4.98 Å². The Kier molecular flexibility index (Phi) is 4.16. The van der Waals surface area contributed by atoms with E-state index in [0.717, 1.165) is 16.9 Å². The topological polar surface area (TPSA) is 37.8 Å². The van der Waals surface area contributed by atoms with Crippen molar-refractivity contribution in [3.8, 4) is 0 Å². The molecule has 0 spiro atoms. The summed E-state index contributed by atoms with van der Waals surface area (Å²) in [7, 11) is 1.61. The van der Waals surface area contributed by atoms with Crippen LogP contribution in [-0.2, 0) is 19.1 Å². The summed E-state index contributed by atoms with van der Waals surface area (Å²) in [5.74, 6) is 0. The molecule has 0 aliphatic rings. The molecule has 3 nitrogen and oxygen atoms in total. The number of rotatable bonds is 4. The normalized spacial score (nSPS) is 11.8. The number of hydrogen-bond donors (Lipinski definition) is 1. The lowest BCUT2D eigenvalue weighted by Crippen LogP contribution is -2.12. The number of halogens is 3. The second-order valence-electron chi connectivity index (χ2n) is 3.95. The molecule has 0 unspecified atom stereocenters. The molecule has 0 saturated carbocycles. The Morgan fingerprint density at radius 1 is 1.37 bits per heavy atom. The summed E-state index contributed by atoms with van der Waals surface area (Å²) in [4.78, 5) is 7.88. The van der Waals surface area contributed by atoms with E-state index in [4.69, 9.17) is 0 Å². The predicted molar refractivity (Wildman–Crippen MR) is 66.9 cm³/mol. The van der Waals surface area contributed by atoms with E-state index in [9.17, 15) is 13.2 Å². The van der Waals surface area contributed by atoms with E-state index in [2.05, 4.69) is 15.3 Å². The van der Waals surface area contributed by atoms with Gasteiger partial charge in [0.1, 0.15) is 0 Å². The van der Waals surface area contributed by atoms with Crippen LogP contribution in [0.4, 0.5) is 13.2 Å². The Bertz CT molecular complexity index is 537. The summed E-state index contributed by atoms with van der Waals surface area (Å²) in [6.45, 7) is 0.166. The fraction of sp³-hybridized carbons (Fsp3) is 0.333. The highest BCUT2D eigenvalue weighted by Crippen LogP contribution is 2.34. The third kappa shape index (κ3) is 3.51. The van der Waals surface area contributed by atoms with Crippen molar-refractivity contribution in [3.05, 3.63) is 45.7 Å². The van der Waals surface area contributed by atoms with E-state index >= 15 is 0 Å². The van der Waals surface area contributed by atoms with E-state index in [1.165, 1.54) is 0 Å². The molecule has 0 fully saturated rings. The Morgan fingerprint density at radius 3 is 2.74 bits per heavy atom. The zero-order valence-corrected chi connectivity index (χ0v) is 11.0. The van der Waals surface area contributed by atoms with Crippen LogP contribution in [0, 0.1) is 0 Å². The maximum absolute atomic E-state index is 12.8. The van der Waals surface area contributed by atoms with Crippen LogP contribution in [0.15, 0.2) is 24.5 Å². The molecule has 2 rings (SSSR count). The second-order valence-corrected chi connectivity index (χ2v) is 5.11. The minimum Gasteiger partial charge on any atom is -0.315 e. The van der Waals surface area contributed by atoms with Crippen molar-refractivity contribution in [1.29, 1.82) is 0 Å². The minimum absolute atomic E-state index is 0.166. The van der Waals surface area contributed by atoms with Gasteiger partial charge in [-0.1, -0.05) is 6.07 Å². The Balaban J connectivity index is 2.27. The Hall–Kier alpha value is -1.47. The molecular formula is C12H12F3N3S. The third-order valence-electron chi connectivity index (χ3n) is 2.43. The van der Waals surface area contributed by atoms with Crippen molar-refractivity contribution in [3.63, 3.8) is 0 Å². The monoisotopic (exact) mass is 287 g/mol. The molecule has 0 saturated heterocycles. The van der Waals surface area contributed by atoms with Gasteiger partial charge < -0.3 is 5.32 Å². The van der Waals surface area contributed by atoms with Crippen LogP contribution >= 0.6 is 11.3 Å².